The molecular weight excluding hydrogens is 322 g/mol. The van der Waals surface area contributed by atoms with Gasteiger partial charge in [-0.25, -0.2) is 0 Å². The van der Waals surface area contributed by atoms with Crippen LogP contribution in [0, 0.1) is 0 Å². The molecule has 134 valence electrons. The van der Waals surface area contributed by atoms with Gasteiger partial charge in [0.2, 0.25) is 0 Å². The normalized spacial score (nSPS) is 16.8. The van der Waals surface area contributed by atoms with E-state index in [1.54, 1.807) is 0 Å². The Balaban J connectivity index is 1.51. The molecule has 4 rings (SSSR count). The molecule has 3 aromatic carbocycles. The number of rotatable bonds is 7. The largest absolute Gasteiger partial charge is 0.491 e. The number of ether oxygens (including phenoxy) is 2. The Hall–Kier alpha value is -2.36. The molecule has 0 bridgehead atoms. The standard InChI is InChI=1S/C23H25NO2/c1-2-7-18(8-3-1)15-24-16-22-21-11-5-4-9-19(21)12-13-23(22)26-17-20-10-6-14-25-20/h1-5,7-9,11-13,20,24H,6,10,14-17H2. The van der Waals surface area contributed by atoms with E-state index < -0.39 is 0 Å². The molecule has 1 unspecified atom stereocenters. The molecule has 1 aliphatic rings. The van der Waals surface area contributed by atoms with E-state index in [1.807, 2.05) is 6.07 Å². The maximum Gasteiger partial charge on any atom is 0.124 e. The van der Waals surface area contributed by atoms with Gasteiger partial charge in [0.1, 0.15) is 12.4 Å². The molecule has 1 fully saturated rings. The molecule has 1 aliphatic heterocycles. The van der Waals surface area contributed by atoms with Crippen molar-refractivity contribution >= 4 is 10.8 Å². The van der Waals surface area contributed by atoms with Crippen molar-refractivity contribution in [3.8, 4) is 5.75 Å². The molecule has 0 radical (unpaired) electrons. The number of nitrogens with one attached hydrogen (secondary N) is 1. The molecule has 1 saturated heterocycles. The summed E-state index contributed by atoms with van der Waals surface area (Å²) in [7, 11) is 0. The van der Waals surface area contributed by atoms with Crippen LogP contribution in [0.5, 0.6) is 5.75 Å². The van der Waals surface area contributed by atoms with E-state index in [0.717, 1.165) is 38.3 Å². The summed E-state index contributed by atoms with van der Waals surface area (Å²) in [4.78, 5) is 0. The Morgan fingerprint density at radius 1 is 0.923 bits per heavy atom. The predicted octanol–water partition coefficient (Wildman–Crippen LogP) is 4.69. The van der Waals surface area contributed by atoms with Gasteiger partial charge < -0.3 is 14.8 Å². The summed E-state index contributed by atoms with van der Waals surface area (Å²) in [5.74, 6) is 0.958. The molecule has 0 spiro atoms. The Bertz CT molecular complexity index is 841. The first-order chi connectivity index (χ1) is 12.9. The van der Waals surface area contributed by atoms with Gasteiger partial charge in [0, 0.05) is 25.3 Å². The van der Waals surface area contributed by atoms with E-state index in [9.17, 15) is 0 Å². The van der Waals surface area contributed by atoms with E-state index >= 15 is 0 Å². The molecule has 0 aromatic heterocycles. The summed E-state index contributed by atoms with van der Waals surface area (Å²) in [6.45, 7) is 3.10. The molecule has 1 atom stereocenters. The fourth-order valence-electron chi connectivity index (χ4n) is 3.52. The van der Waals surface area contributed by atoms with Crippen molar-refractivity contribution in [3.05, 3.63) is 77.9 Å². The molecular formula is C23H25NO2. The predicted molar refractivity (Wildman–Crippen MR) is 105 cm³/mol. The summed E-state index contributed by atoms with van der Waals surface area (Å²) < 4.78 is 11.9. The van der Waals surface area contributed by atoms with Gasteiger partial charge in [-0.1, -0.05) is 60.7 Å². The summed E-state index contributed by atoms with van der Waals surface area (Å²) in [6.07, 6.45) is 2.46. The van der Waals surface area contributed by atoms with Crippen molar-refractivity contribution in [1.82, 2.24) is 5.32 Å². The fourth-order valence-corrected chi connectivity index (χ4v) is 3.52. The van der Waals surface area contributed by atoms with Crippen LogP contribution in [0.2, 0.25) is 0 Å². The van der Waals surface area contributed by atoms with Gasteiger partial charge in [-0.3, -0.25) is 0 Å². The van der Waals surface area contributed by atoms with Crippen molar-refractivity contribution < 1.29 is 9.47 Å². The van der Waals surface area contributed by atoms with E-state index in [2.05, 4.69) is 66.0 Å². The van der Waals surface area contributed by atoms with Gasteiger partial charge in [0.05, 0.1) is 6.10 Å². The van der Waals surface area contributed by atoms with Crippen LogP contribution < -0.4 is 10.1 Å². The zero-order valence-electron chi connectivity index (χ0n) is 15.0. The SMILES string of the molecule is c1ccc(CNCc2c(OCC3CCCO3)ccc3ccccc23)cc1. The van der Waals surface area contributed by atoms with E-state index in [-0.39, 0.29) is 6.10 Å². The van der Waals surface area contributed by atoms with E-state index in [0.29, 0.717) is 6.61 Å². The topological polar surface area (TPSA) is 30.5 Å². The second-order valence-electron chi connectivity index (χ2n) is 6.80. The number of hydrogen-bond donors (Lipinski definition) is 1. The lowest BCUT2D eigenvalue weighted by atomic mass is 10.0. The van der Waals surface area contributed by atoms with Gasteiger partial charge in [0.25, 0.3) is 0 Å². The molecule has 3 aromatic rings. The van der Waals surface area contributed by atoms with Crippen LogP contribution >= 0.6 is 0 Å². The van der Waals surface area contributed by atoms with Crippen molar-refractivity contribution in [2.24, 2.45) is 0 Å². The first kappa shape index (κ1) is 17.1. The highest BCUT2D eigenvalue weighted by Gasteiger charge is 2.17. The minimum absolute atomic E-state index is 0.228. The number of benzene rings is 3. The Kier molecular flexibility index (Phi) is 5.48. The highest BCUT2D eigenvalue weighted by molar-refractivity contribution is 5.87. The zero-order chi connectivity index (χ0) is 17.6. The van der Waals surface area contributed by atoms with Gasteiger partial charge in [-0.2, -0.15) is 0 Å². The average molecular weight is 347 g/mol. The van der Waals surface area contributed by atoms with Crippen LogP contribution in [-0.4, -0.2) is 19.3 Å². The van der Waals surface area contributed by atoms with Crippen LogP contribution in [0.15, 0.2) is 66.7 Å². The van der Waals surface area contributed by atoms with Crippen molar-refractivity contribution in [1.29, 1.82) is 0 Å². The number of hydrogen-bond acceptors (Lipinski definition) is 3. The maximum absolute atomic E-state index is 6.17. The number of fused-ring (bicyclic) bond motifs is 1. The third-order valence-corrected chi connectivity index (χ3v) is 4.92. The minimum atomic E-state index is 0.228. The second kappa shape index (κ2) is 8.35. The summed E-state index contributed by atoms with van der Waals surface area (Å²) in [5, 5.41) is 6.06. The quantitative estimate of drug-likeness (QED) is 0.673. The van der Waals surface area contributed by atoms with E-state index in [1.165, 1.54) is 21.9 Å². The molecule has 3 heteroatoms. The van der Waals surface area contributed by atoms with Crippen LogP contribution in [0.4, 0.5) is 0 Å². The molecule has 0 amide bonds. The second-order valence-corrected chi connectivity index (χ2v) is 6.80. The van der Waals surface area contributed by atoms with Crippen LogP contribution in [0.3, 0.4) is 0 Å². The average Bonchev–Trinajstić information content (AvgIpc) is 3.21. The molecule has 1 N–H and O–H groups in total. The summed E-state index contributed by atoms with van der Waals surface area (Å²) in [6, 6.07) is 23.2. The highest BCUT2D eigenvalue weighted by Crippen LogP contribution is 2.29. The van der Waals surface area contributed by atoms with Crippen molar-refractivity contribution in [3.63, 3.8) is 0 Å². The molecule has 26 heavy (non-hydrogen) atoms. The van der Waals surface area contributed by atoms with Crippen LogP contribution in [0.25, 0.3) is 10.8 Å². The monoisotopic (exact) mass is 347 g/mol. The lowest BCUT2D eigenvalue weighted by Gasteiger charge is -2.17. The molecule has 0 aliphatic carbocycles. The zero-order valence-corrected chi connectivity index (χ0v) is 15.0. The van der Waals surface area contributed by atoms with Crippen molar-refractivity contribution in [2.75, 3.05) is 13.2 Å². The van der Waals surface area contributed by atoms with Crippen LogP contribution in [-0.2, 0) is 17.8 Å². The summed E-state index contributed by atoms with van der Waals surface area (Å²) >= 11 is 0. The molecule has 1 heterocycles. The summed E-state index contributed by atoms with van der Waals surface area (Å²) in [5.41, 5.74) is 2.51. The van der Waals surface area contributed by atoms with Crippen molar-refractivity contribution in [2.45, 2.75) is 32.0 Å². The van der Waals surface area contributed by atoms with Gasteiger partial charge in [-0.05, 0) is 35.2 Å². The Morgan fingerprint density at radius 3 is 2.62 bits per heavy atom. The Morgan fingerprint density at radius 2 is 1.77 bits per heavy atom. The highest BCUT2D eigenvalue weighted by atomic mass is 16.5. The molecule has 0 saturated carbocycles. The lowest BCUT2D eigenvalue weighted by Crippen LogP contribution is -2.18. The third-order valence-electron chi connectivity index (χ3n) is 4.92. The minimum Gasteiger partial charge on any atom is -0.491 e. The van der Waals surface area contributed by atoms with Crippen LogP contribution in [0.1, 0.15) is 24.0 Å². The smallest absolute Gasteiger partial charge is 0.124 e. The molecule has 3 nitrogen and oxygen atoms in total. The Labute approximate surface area is 154 Å². The lowest BCUT2D eigenvalue weighted by molar-refractivity contribution is 0.0676. The maximum atomic E-state index is 6.17. The third kappa shape index (κ3) is 4.06. The fraction of sp³-hybridized carbons (Fsp3) is 0.304. The van der Waals surface area contributed by atoms with E-state index in [4.69, 9.17) is 9.47 Å². The van der Waals surface area contributed by atoms with Gasteiger partial charge >= 0.3 is 0 Å². The van der Waals surface area contributed by atoms with Gasteiger partial charge in [-0.15, -0.1) is 0 Å². The first-order valence-corrected chi connectivity index (χ1v) is 9.40. The van der Waals surface area contributed by atoms with Gasteiger partial charge in [0.15, 0.2) is 0 Å². The first-order valence-electron chi connectivity index (χ1n) is 9.40.